The van der Waals surface area contributed by atoms with Crippen molar-refractivity contribution in [2.24, 2.45) is 11.6 Å². The van der Waals surface area contributed by atoms with Crippen LogP contribution in [0.2, 0.25) is 0 Å². The van der Waals surface area contributed by atoms with Gasteiger partial charge in [-0.05, 0) is 42.0 Å². The maximum Gasteiger partial charge on any atom is 0.275 e. The number of hydrogen-bond acceptors (Lipinski definition) is 6. The number of carbonyl (C=O) groups is 2. The van der Waals surface area contributed by atoms with E-state index < -0.39 is 29.8 Å². The van der Waals surface area contributed by atoms with E-state index in [4.69, 9.17) is 11.6 Å². The fourth-order valence-corrected chi connectivity index (χ4v) is 2.87. The molecule has 0 radical (unpaired) electrons. The number of benzene rings is 1. The second-order valence-corrected chi connectivity index (χ2v) is 7.43. The smallest absolute Gasteiger partial charge is 0.275 e. The molecular weight excluding hydrogens is 333 g/mol. The van der Waals surface area contributed by atoms with Gasteiger partial charge in [-0.1, -0.05) is 19.9 Å². The molecule has 0 fully saturated rings. The van der Waals surface area contributed by atoms with Gasteiger partial charge in [-0.15, -0.1) is 0 Å². The minimum Gasteiger partial charge on any atom is -0.382 e. The number of aliphatic hydroxyl groups excluding tert-OH is 1. The van der Waals surface area contributed by atoms with Gasteiger partial charge in [-0.2, -0.15) is 11.8 Å². The van der Waals surface area contributed by atoms with Crippen molar-refractivity contribution in [2.75, 3.05) is 5.75 Å². The first kappa shape index (κ1) is 20.6. The molecule has 0 saturated heterocycles. The number of hydrazine groups is 1. The molecule has 134 valence electrons. The monoisotopic (exact) mass is 357 g/mol. The average Bonchev–Trinajstić information content (AvgIpc) is 2.54. The second kappa shape index (κ2) is 9.12. The van der Waals surface area contributed by atoms with Crippen LogP contribution in [0.5, 0.6) is 0 Å². The number of rotatable bonds is 7. The van der Waals surface area contributed by atoms with E-state index in [1.165, 1.54) is 25.1 Å². The lowest BCUT2D eigenvalue weighted by Gasteiger charge is -2.23. The van der Waals surface area contributed by atoms with Crippen LogP contribution >= 0.6 is 11.8 Å². The largest absolute Gasteiger partial charge is 0.382 e. The Hall–Kier alpha value is -1.48. The number of aliphatic hydroxyl groups is 1. The Kier molecular flexibility index (Phi) is 7.82. The lowest BCUT2D eigenvalue weighted by atomic mass is 10.1. The van der Waals surface area contributed by atoms with Crippen molar-refractivity contribution in [1.82, 2.24) is 5.01 Å². The summed E-state index contributed by atoms with van der Waals surface area (Å²) < 4.78 is 13.5. The summed E-state index contributed by atoms with van der Waals surface area (Å²) in [7, 11) is 0. The molecule has 1 unspecified atom stereocenters. The SMILES string of the molecule is Cc1c(F)cccc1C(=O)N(N)C(=O)C(O)[C@H](N)CCSC(C)C. The topological polar surface area (TPSA) is 110 Å². The summed E-state index contributed by atoms with van der Waals surface area (Å²) in [5, 5.41) is 10.7. The number of carbonyl (C=O) groups excluding carboxylic acids is 2. The molecular formula is C16H24FN3O3S. The third-order valence-electron chi connectivity index (χ3n) is 3.52. The number of imide groups is 1. The highest BCUT2D eigenvalue weighted by Gasteiger charge is 2.31. The normalized spacial score (nSPS) is 13.7. The van der Waals surface area contributed by atoms with E-state index in [0.717, 1.165) is 0 Å². The highest BCUT2D eigenvalue weighted by Crippen LogP contribution is 2.15. The Morgan fingerprint density at radius 1 is 1.38 bits per heavy atom. The second-order valence-electron chi connectivity index (χ2n) is 5.74. The zero-order valence-electron chi connectivity index (χ0n) is 14.0. The van der Waals surface area contributed by atoms with E-state index in [1.807, 2.05) is 13.8 Å². The number of nitrogens with zero attached hydrogens (tertiary/aromatic N) is 1. The first-order chi connectivity index (χ1) is 11.2. The van der Waals surface area contributed by atoms with Crippen LogP contribution in [0.1, 0.15) is 36.2 Å². The molecule has 2 amide bonds. The Morgan fingerprint density at radius 2 is 2.00 bits per heavy atom. The molecule has 0 aromatic heterocycles. The van der Waals surface area contributed by atoms with Gasteiger partial charge in [-0.3, -0.25) is 9.59 Å². The fraction of sp³-hybridized carbons (Fsp3) is 0.500. The van der Waals surface area contributed by atoms with E-state index in [-0.39, 0.29) is 11.1 Å². The number of hydrogen-bond donors (Lipinski definition) is 3. The van der Waals surface area contributed by atoms with Crippen LogP contribution in [-0.2, 0) is 4.79 Å². The Bertz CT molecular complexity index is 598. The molecule has 0 aliphatic rings. The van der Waals surface area contributed by atoms with Crippen molar-refractivity contribution in [3.8, 4) is 0 Å². The number of nitrogens with two attached hydrogens (primary N) is 2. The van der Waals surface area contributed by atoms with Gasteiger partial charge in [0.15, 0.2) is 0 Å². The third kappa shape index (κ3) is 5.27. The van der Waals surface area contributed by atoms with Crippen LogP contribution in [0.3, 0.4) is 0 Å². The summed E-state index contributed by atoms with van der Waals surface area (Å²) in [6.45, 7) is 5.46. The lowest BCUT2D eigenvalue weighted by molar-refractivity contribution is -0.138. The minimum absolute atomic E-state index is 0.0398. The van der Waals surface area contributed by atoms with Crippen LogP contribution in [0, 0.1) is 12.7 Å². The first-order valence-corrected chi connectivity index (χ1v) is 8.65. The standard InChI is InChI=1S/C16H24FN3O3S/c1-9(2)24-8-7-13(18)14(21)16(23)20(19)15(22)11-5-4-6-12(17)10(11)3/h4-6,9,13-14,21H,7-8,18-19H2,1-3H3/t13-,14?/m1/s1. The molecule has 24 heavy (non-hydrogen) atoms. The van der Waals surface area contributed by atoms with Crippen LogP contribution < -0.4 is 11.6 Å². The lowest BCUT2D eigenvalue weighted by Crippen LogP contribution is -2.53. The van der Waals surface area contributed by atoms with Crippen LogP contribution in [0.25, 0.3) is 0 Å². The predicted molar refractivity (Wildman–Crippen MR) is 92.7 cm³/mol. The minimum atomic E-state index is -1.60. The molecule has 5 N–H and O–H groups in total. The van der Waals surface area contributed by atoms with Crippen molar-refractivity contribution in [3.05, 3.63) is 35.1 Å². The van der Waals surface area contributed by atoms with Gasteiger partial charge in [0.05, 0.1) is 0 Å². The van der Waals surface area contributed by atoms with E-state index in [1.54, 1.807) is 11.8 Å². The molecule has 0 spiro atoms. The molecule has 8 heteroatoms. The molecule has 1 rings (SSSR count). The van der Waals surface area contributed by atoms with Gasteiger partial charge in [0.2, 0.25) is 0 Å². The van der Waals surface area contributed by atoms with Crippen molar-refractivity contribution < 1.29 is 19.1 Å². The summed E-state index contributed by atoms with van der Waals surface area (Å²) >= 11 is 1.65. The Morgan fingerprint density at radius 3 is 2.58 bits per heavy atom. The summed E-state index contributed by atoms with van der Waals surface area (Å²) in [4.78, 5) is 24.4. The summed E-state index contributed by atoms with van der Waals surface area (Å²) in [5.41, 5.74) is 5.84. The van der Waals surface area contributed by atoms with Crippen LogP contribution in [-0.4, -0.2) is 45.1 Å². The molecule has 0 aliphatic heterocycles. The molecule has 0 heterocycles. The molecule has 1 aromatic rings. The summed E-state index contributed by atoms with van der Waals surface area (Å²) in [5.74, 6) is 3.71. The highest BCUT2D eigenvalue weighted by molar-refractivity contribution is 7.99. The van der Waals surface area contributed by atoms with Crippen molar-refractivity contribution in [3.63, 3.8) is 0 Å². The van der Waals surface area contributed by atoms with Gasteiger partial charge in [0.1, 0.15) is 11.9 Å². The maximum atomic E-state index is 13.5. The van der Waals surface area contributed by atoms with Gasteiger partial charge in [-0.25, -0.2) is 15.2 Å². The van der Waals surface area contributed by atoms with E-state index >= 15 is 0 Å². The Balaban J connectivity index is 2.75. The van der Waals surface area contributed by atoms with Crippen molar-refractivity contribution >= 4 is 23.6 Å². The number of thioether (sulfide) groups is 1. The quantitative estimate of drug-likeness (QED) is 0.384. The van der Waals surface area contributed by atoms with Crippen molar-refractivity contribution in [1.29, 1.82) is 0 Å². The van der Waals surface area contributed by atoms with Crippen LogP contribution in [0.15, 0.2) is 18.2 Å². The molecule has 1 aromatic carbocycles. The Labute approximate surface area is 145 Å². The van der Waals surface area contributed by atoms with Gasteiger partial charge < -0.3 is 10.8 Å². The van der Waals surface area contributed by atoms with Gasteiger partial charge >= 0.3 is 0 Å². The highest BCUT2D eigenvalue weighted by atomic mass is 32.2. The predicted octanol–water partition coefficient (Wildman–Crippen LogP) is 1.20. The first-order valence-electron chi connectivity index (χ1n) is 7.60. The number of amides is 2. The molecule has 0 saturated carbocycles. The van der Waals surface area contributed by atoms with Gasteiger partial charge in [0, 0.05) is 11.6 Å². The van der Waals surface area contributed by atoms with Crippen LogP contribution in [0.4, 0.5) is 4.39 Å². The number of halogens is 1. The molecule has 2 atom stereocenters. The zero-order valence-corrected chi connectivity index (χ0v) is 14.8. The fourth-order valence-electron chi connectivity index (χ4n) is 1.99. The van der Waals surface area contributed by atoms with E-state index in [9.17, 15) is 19.1 Å². The van der Waals surface area contributed by atoms with Gasteiger partial charge in [0.25, 0.3) is 11.8 Å². The van der Waals surface area contributed by atoms with Crippen molar-refractivity contribution in [2.45, 2.75) is 44.6 Å². The maximum absolute atomic E-state index is 13.5. The average molecular weight is 357 g/mol. The third-order valence-corrected chi connectivity index (χ3v) is 4.65. The summed E-state index contributed by atoms with van der Waals surface area (Å²) in [6, 6.07) is 3.07. The van der Waals surface area contributed by atoms with E-state index in [2.05, 4.69) is 0 Å². The molecule has 0 bridgehead atoms. The van der Waals surface area contributed by atoms with E-state index in [0.29, 0.717) is 22.4 Å². The summed E-state index contributed by atoms with van der Waals surface area (Å²) in [6.07, 6.45) is -1.20. The zero-order chi connectivity index (χ0) is 18.4. The molecule has 0 aliphatic carbocycles. The molecule has 6 nitrogen and oxygen atoms in total.